The topological polar surface area (TPSA) is 18.5 Å². The minimum absolute atomic E-state index is 0.799. The summed E-state index contributed by atoms with van der Waals surface area (Å²) in [6.45, 7) is 7.17. The van der Waals surface area contributed by atoms with Crippen LogP contribution < -0.4 is 5.32 Å². The Morgan fingerprint density at radius 2 is 1.52 bits per heavy atom. The largest absolute Gasteiger partial charge is 0.310 e. The van der Waals surface area contributed by atoms with Gasteiger partial charge in [-0.2, -0.15) is 0 Å². The van der Waals surface area contributed by atoms with E-state index >= 15 is 0 Å². The summed E-state index contributed by atoms with van der Waals surface area (Å²) < 4.78 is 0. The predicted molar refractivity (Wildman–Crippen MR) is 86.2 cm³/mol. The Balaban J connectivity index is 1.24. The quantitative estimate of drug-likeness (QED) is 0.864. The summed E-state index contributed by atoms with van der Waals surface area (Å²) in [6, 6.07) is 11.0. The van der Waals surface area contributed by atoms with Gasteiger partial charge in [0, 0.05) is 51.4 Å². The Bertz CT molecular complexity index is 454. The van der Waals surface area contributed by atoms with E-state index in [2.05, 4.69) is 39.4 Å². The van der Waals surface area contributed by atoms with Crippen molar-refractivity contribution in [3.63, 3.8) is 0 Å². The van der Waals surface area contributed by atoms with Crippen LogP contribution >= 0.6 is 0 Å². The van der Waals surface area contributed by atoms with Gasteiger partial charge in [0.25, 0.3) is 0 Å². The molecule has 0 aromatic heterocycles. The Kier molecular flexibility index (Phi) is 3.97. The summed E-state index contributed by atoms with van der Waals surface area (Å²) >= 11 is 0. The molecule has 0 amide bonds. The second kappa shape index (κ2) is 6.07. The summed E-state index contributed by atoms with van der Waals surface area (Å²) in [5.74, 6) is 0. The summed E-state index contributed by atoms with van der Waals surface area (Å²) in [4.78, 5) is 5.29. The molecule has 2 aliphatic carbocycles. The molecule has 3 heteroatoms. The second-order valence-electron chi connectivity index (χ2n) is 7.01. The summed E-state index contributed by atoms with van der Waals surface area (Å²) in [5.41, 5.74) is 2.88. The van der Waals surface area contributed by atoms with Gasteiger partial charge in [0.1, 0.15) is 0 Å². The third-order valence-electron chi connectivity index (χ3n) is 5.07. The fourth-order valence-electron chi connectivity index (χ4n) is 3.30. The van der Waals surface area contributed by atoms with Crippen molar-refractivity contribution in [3.8, 4) is 0 Å². The molecule has 0 atom stereocenters. The summed E-state index contributed by atoms with van der Waals surface area (Å²) in [5, 5.41) is 3.58. The number of nitrogens with one attached hydrogen (secondary N) is 1. The highest BCUT2D eigenvalue weighted by Crippen LogP contribution is 2.27. The highest BCUT2D eigenvalue weighted by atomic mass is 15.3. The zero-order valence-electron chi connectivity index (χ0n) is 12.9. The van der Waals surface area contributed by atoms with Gasteiger partial charge in [0.05, 0.1) is 0 Å². The van der Waals surface area contributed by atoms with Crippen molar-refractivity contribution in [2.75, 3.05) is 26.2 Å². The molecule has 21 heavy (non-hydrogen) atoms. The molecule has 0 radical (unpaired) electrons. The second-order valence-corrected chi connectivity index (χ2v) is 7.01. The van der Waals surface area contributed by atoms with Gasteiger partial charge in [-0.05, 0) is 36.8 Å². The van der Waals surface area contributed by atoms with Crippen LogP contribution in [-0.2, 0) is 13.1 Å². The molecular weight excluding hydrogens is 258 g/mol. The fourth-order valence-corrected chi connectivity index (χ4v) is 3.30. The summed E-state index contributed by atoms with van der Waals surface area (Å²) in [6.07, 6.45) is 5.61. The molecule has 3 nitrogen and oxygen atoms in total. The van der Waals surface area contributed by atoms with Gasteiger partial charge >= 0.3 is 0 Å². The number of piperazine rings is 1. The van der Waals surface area contributed by atoms with E-state index in [4.69, 9.17) is 0 Å². The van der Waals surface area contributed by atoms with Crippen LogP contribution in [0.5, 0.6) is 0 Å². The van der Waals surface area contributed by atoms with E-state index in [-0.39, 0.29) is 0 Å². The van der Waals surface area contributed by atoms with Crippen LogP contribution in [0, 0.1) is 0 Å². The van der Waals surface area contributed by atoms with Crippen molar-refractivity contribution < 1.29 is 0 Å². The van der Waals surface area contributed by atoms with Crippen molar-refractivity contribution in [3.05, 3.63) is 35.4 Å². The number of hydrogen-bond acceptors (Lipinski definition) is 3. The molecule has 3 fully saturated rings. The third kappa shape index (κ3) is 3.85. The molecule has 1 aromatic carbocycles. The molecule has 3 aliphatic rings. The van der Waals surface area contributed by atoms with Crippen LogP contribution in [-0.4, -0.2) is 48.1 Å². The lowest BCUT2D eigenvalue weighted by atomic mass is 10.1. The average molecular weight is 285 g/mol. The SMILES string of the molecule is c1cc(CN2CCN(C3CC3)CC2)ccc1CNC1CC1. The van der Waals surface area contributed by atoms with Crippen LogP contribution in [0.4, 0.5) is 0 Å². The van der Waals surface area contributed by atoms with Gasteiger partial charge in [-0.1, -0.05) is 24.3 Å². The van der Waals surface area contributed by atoms with Gasteiger partial charge in [-0.25, -0.2) is 0 Å². The first kappa shape index (κ1) is 13.7. The third-order valence-corrected chi connectivity index (χ3v) is 5.07. The van der Waals surface area contributed by atoms with Crippen molar-refractivity contribution in [2.24, 2.45) is 0 Å². The fraction of sp³-hybridized carbons (Fsp3) is 0.667. The highest BCUT2D eigenvalue weighted by molar-refractivity contribution is 5.22. The van der Waals surface area contributed by atoms with E-state index in [1.165, 1.54) is 63.0 Å². The maximum atomic E-state index is 3.58. The van der Waals surface area contributed by atoms with Crippen LogP contribution in [0.15, 0.2) is 24.3 Å². The molecular formula is C18H27N3. The van der Waals surface area contributed by atoms with Gasteiger partial charge in [0.2, 0.25) is 0 Å². The summed E-state index contributed by atoms with van der Waals surface area (Å²) in [7, 11) is 0. The molecule has 2 saturated carbocycles. The number of hydrogen-bond donors (Lipinski definition) is 1. The maximum Gasteiger partial charge on any atom is 0.0234 e. The van der Waals surface area contributed by atoms with E-state index in [0.29, 0.717) is 0 Å². The van der Waals surface area contributed by atoms with Gasteiger partial charge in [0.15, 0.2) is 0 Å². The van der Waals surface area contributed by atoms with E-state index in [1.807, 2.05) is 0 Å². The zero-order valence-corrected chi connectivity index (χ0v) is 12.9. The van der Waals surface area contributed by atoms with Crippen LogP contribution in [0.3, 0.4) is 0 Å². The molecule has 1 N–H and O–H groups in total. The van der Waals surface area contributed by atoms with E-state index in [9.17, 15) is 0 Å². The van der Waals surface area contributed by atoms with Gasteiger partial charge in [-0.15, -0.1) is 0 Å². The lowest BCUT2D eigenvalue weighted by molar-refractivity contribution is 0.121. The lowest BCUT2D eigenvalue weighted by Gasteiger charge is -2.34. The monoisotopic (exact) mass is 285 g/mol. The number of benzene rings is 1. The van der Waals surface area contributed by atoms with E-state index in [1.54, 1.807) is 0 Å². The first-order valence-electron chi connectivity index (χ1n) is 8.64. The average Bonchev–Trinajstić information content (AvgIpc) is 3.40. The molecule has 114 valence electrons. The first-order valence-corrected chi connectivity index (χ1v) is 8.64. The number of rotatable bonds is 6. The molecule has 0 unspecified atom stereocenters. The van der Waals surface area contributed by atoms with Crippen molar-refractivity contribution in [1.29, 1.82) is 0 Å². The minimum Gasteiger partial charge on any atom is -0.310 e. The van der Waals surface area contributed by atoms with E-state index in [0.717, 1.165) is 25.2 Å². The minimum atomic E-state index is 0.799. The van der Waals surface area contributed by atoms with Crippen LogP contribution in [0.2, 0.25) is 0 Å². The van der Waals surface area contributed by atoms with Crippen molar-refractivity contribution in [2.45, 2.75) is 50.9 Å². The normalized spacial score (nSPS) is 24.4. The molecule has 0 spiro atoms. The molecule has 1 aromatic rings. The molecule has 4 rings (SSSR count). The highest BCUT2D eigenvalue weighted by Gasteiger charge is 2.31. The van der Waals surface area contributed by atoms with Gasteiger partial charge < -0.3 is 5.32 Å². The van der Waals surface area contributed by atoms with Crippen molar-refractivity contribution >= 4 is 0 Å². The van der Waals surface area contributed by atoms with Crippen LogP contribution in [0.25, 0.3) is 0 Å². The Morgan fingerprint density at radius 1 is 0.857 bits per heavy atom. The molecule has 1 saturated heterocycles. The molecule has 0 bridgehead atoms. The van der Waals surface area contributed by atoms with Crippen molar-refractivity contribution in [1.82, 2.24) is 15.1 Å². The Morgan fingerprint density at radius 3 is 2.14 bits per heavy atom. The zero-order chi connectivity index (χ0) is 14.1. The van der Waals surface area contributed by atoms with E-state index < -0.39 is 0 Å². The van der Waals surface area contributed by atoms with Crippen LogP contribution in [0.1, 0.15) is 36.8 Å². The molecule has 1 aliphatic heterocycles. The van der Waals surface area contributed by atoms with Gasteiger partial charge in [-0.3, -0.25) is 9.80 Å². The number of nitrogens with zero attached hydrogens (tertiary/aromatic N) is 2. The Labute approximate surface area is 128 Å². The lowest BCUT2D eigenvalue weighted by Crippen LogP contribution is -2.46. The molecule has 1 heterocycles. The first-order chi connectivity index (χ1) is 10.4. The maximum absolute atomic E-state index is 3.58. The Hall–Kier alpha value is -0.900. The predicted octanol–water partition coefficient (Wildman–Crippen LogP) is 2.22. The standard InChI is InChI=1S/C18H27N3/c1-3-16(4-2-15(1)13-19-17-5-6-17)14-20-9-11-21(12-10-20)18-7-8-18/h1-4,17-19H,5-14H2. The smallest absolute Gasteiger partial charge is 0.0234 e.